The topological polar surface area (TPSA) is 26.3 Å². The molecule has 0 spiro atoms. The highest BCUT2D eigenvalue weighted by atomic mass is 35.5. The van der Waals surface area contributed by atoms with Crippen molar-refractivity contribution in [1.29, 1.82) is 0 Å². The van der Waals surface area contributed by atoms with E-state index in [0.29, 0.717) is 17.2 Å². The molecular formula is C11H13ClO2. The van der Waals surface area contributed by atoms with Gasteiger partial charge in [-0.3, -0.25) is 4.79 Å². The van der Waals surface area contributed by atoms with Gasteiger partial charge >= 0.3 is 0 Å². The Morgan fingerprint density at radius 1 is 1.57 bits per heavy atom. The van der Waals surface area contributed by atoms with Crippen LogP contribution in [-0.4, -0.2) is 11.9 Å². The number of hydrogen-bond acceptors (Lipinski definition) is 2. The minimum Gasteiger partial charge on any atom is -0.483 e. The van der Waals surface area contributed by atoms with E-state index in [1.54, 1.807) is 24.3 Å². The van der Waals surface area contributed by atoms with E-state index in [1.165, 1.54) is 6.92 Å². The Morgan fingerprint density at radius 2 is 2.29 bits per heavy atom. The Balaban J connectivity index is 2.72. The van der Waals surface area contributed by atoms with Crippen LogP contribution in [0.2, 0.25) is 5.02 Å². The molecule has 0 aromatic heterocycles. The highest BCUT2D eigenvalue weighted by Gasteiger charge is 2.12. The van der Waals surface area contributed by atoms with Crippen molar-refractivity contribution in [2.45, 2.75) is 26.4 Å². The first kappa shape index (κ1) is 11.1. The third-order valence-electron chi connectivity index (χ3n) is 1.90. The lowest BCUT2D eigenvalue weighted by atomic mass is 10.2. The molecular weight excluding hydrogens is 200 g/mol. The molecule has 2 nitrogen and oxygen atoms in total. The number of rotatable bonds is 4. The standard InChI is InChI=1S/C11H13ClO2/c1-3-11(8(2)13)14-10-6-4-5-9(12)7-10/h4-7,11H,3H2,1-2H3. The van der Waals surface area contributed by atoms with Gasteiger partial charge in [0.25, 0.3) is 0 Å². The summed E-state index contributed by atoms with van der Waals surface area (Å²) in [5.74, 6) is 0.673. The lowest BCUT2D eigenvalue weighted by molar-refractivity contribution is -0.123. The zero-order chi connectivity index (χ0) is 10.6. The predicted molar refractivity (Wildman–Crippen MR) is 56.8 cm³/mol. The van der Waals surface area contributed by atoms with E-state index in [-0.39, 0.29) is 11.9 Å². The zero-order valence-electron chi connectivity index (χ0n) is 8.29. The van der Waals surface area contributed by atoms with Crippen LogP contribution in [0.5, 0.6) is 5.75 Å². The predicted octanol–water partition coefficient (Wildman–Crippen LogP) is 3.09. The minimum absolute atomic E-state index is 0.0347. The summed E-state index contributed by atoms with van der Waals surface area (Å²) in [6.45, 7) is 3.44. The van der Waals surface area contributed by atoms with Crippen molar-refractivity contribution in [3.63, 3.8) is 0 Å². The smallest absolute Gasteiger partial charge is 0.170 e. The van der Waals surface area contributed by atoms with E-state index >= 15 is 0 Å². The number of carbonyl (C=O) groups excluding carboxylic acids is 1. The maximum atomic E-state index is 11.1. The Bertz CT molecular complexity index is 323. The molecule has 3 heteroatoms. The van der Waals surface area contributed by atoms with Crippen molar-refractivity contribution >= 4 is 17.4 Å². The van der Waals surface area contributed by atoms with Crippen molar-refractivity contribution in [3.8, 4) is 5.75 Å². The van der Waals surface area contributed by atoms with E-state index in [2.05, 4.69) is 0 Å². The summed E-state index contributed by atoms with van der Waals surface area (Å²) in [5.41, 5.74) is 0. The second-order valence-electron chi connectivity index (χ2n) is 3.08. The first-order chi connectivity index (χ1) is 6.63. The van der Waals surface area contributed by atoms with Crippen LogP contribution in [0, 0.1) is 0 Å². The second-order valence-corrected chi connectivity index (χ2v) is 3.52. The SMILES string of the molecule is CCC(Oc1cccc(Cl)c1)C(C)=O. The van der Waals surface area contributed by atoms with Gasteiger partial charge in [-0.15, -0.1) is 0 Å². The summed E-state index contributed by atoms with van der Waals surface area (Å²) < 4.78 is 5.47. The average molecular weight is 213 g/mol. The molecule has 0 aliphatic heterocycles. The molecule has 76 valence electrons. The molecule has 0 saturated heterocycles. The number of ether oxygens (including phenoxy) is 1. The molecule has 14 heavy (non-hydrogen) atoms. The van der Waals surface area contributed by atoms with Crippen molar-refractivity contribution in [3.05, 3.63) is 29.3 Å². The van der Waals surface area contributed by atoms with Gasteiger partial charge in [0.2, 0.25) is 0 Å². The largest absolute Gasteiger partial charge is 0.483 e. The molecule has 0 radical (unpaired) electrons. The van der Waals surface area contributed by atoms with Crippen LogP contribution in [0.3, 0.4) is 0 Å². The van der Waals surface area contributed by atoms with Crippen LogP contribution in [0.4, 0.5) is 0 Å². The molecule has 0 bridgehead atoms. The highest BCUT2D eigenvalue weighted by molar-refractivity contribution is 6.30. The lowest BCUT2D eigenvalue weighted by Crippen LogP contribution is -2.23. The van der Waals surface area contributed by atoms with Gasteiger partial charge < -0.3 is 4.74 Å². The Kier molecular flexibility index (Phi) is 3.96. The number of Topliss-reactive ketones (excluding diaryl/α,β-unsaturated/α-hetero) is 1. The van der Waals surface area contributed by atoms with Crippen molar-refractivity contribution < 1.29 is 9.53 Å². The molecule has 0 amide bonds. The number of carbonyl (C=O) groups is 1. The van der Waals surface area contributed by atoms with Crippen LogP contribution in [0.1, 0.15) is 20.3 Å². The Hall–Kier alpha value is -1.02. The average Bonchev–Trinajstić information content (AvgIpc) is 2.14. The van der Waals surface area contributed by atoms with Crippen LogP contribution >= 0.6 is 11.6 Å². The molecule has 1 aromatic carbocycles. The molecule has 1 atom stereocenters. The third-order valence-corrected chi connectivity index (χ3v) is 2.13. The zero-order valence-corrected chi connectivity index (χ0v) is 9.04. The van der Waals surface area contributed by atoms with E-state index in [0.717, 1.165) is 0 Å². The van der Waals surface area contributed by atoms with E-state index in [9.17, 15) is 4.79 Å². The fraction of sp³-hybridized carbons (Fsp3) is 0.364. The summed E-state index contributed by atoms with van der Waals surface area (Å²) in [4.78, 5) is 11.1. The van der Waals surface area contributed by atoms with Crippen molar-refractivity contribution in [2.24, 2.45) is 0 Å². The van der Waals surface area contributed by atoms with Crippen molar-refractivity contribution in [1.82, 2.24) is 0 Å². The van der Waals surface area contributed by atoms with Crippen LogP contribution in [0.25, 0.3) is 0 Å². The van der Waals surface area contributed by atoms with Gasteiger partial charge in [-0.2, -0.15) is 0 Å². The first-order valence-electron chi connectivity index (χ1n) is 4.56. The van der Waals surface area contributed by atoms with Crippen molar-refractivity contribution in [2.75, 3.05) is 0 Å². The summed E-state index contributed by atoms with van der Waals surface area (Å²) in [6.07, 6.45) is 0.301. The normalized spacial score (nSPS) is 12.2. The maximum Gasteiger partial charge on any atom is 0.170 e. The Labute approximate surface area is 88.8 Å². The van der Waals surface area contributed by atoms with Gasteiger partial charge in [-0.25, -0.2) is 0 Å². The first-order valence-corrected chi connectivity index (χ1v) is 4.94. The molecule has 1 unspecified atom stereocenters. The Morgan fingerprint density at radius 3 is 2.79 bits per heavy atom. The van der Waals surface area contributed by atoms with Crippen LogP contribution < -0.4 is 4.74 Å². The lowest BCUT2D eigenvalue weighted by Gasteiger charge is -2.14. The number of benzene rings is 1. The quantitative estimate of drug-likeness (QED) is 0.767. The van der Waals surface area contributed by atoms with Gasteiger partial charge in [0, 0.05) is 5.02 Å². The van der Waals surface area contributed by atoms with Gasteiger partial charge in [0.15, 0.2) is 11.9 Å². The molecule has 1 aromatic rings. The number of hydrogen-bond donors (Lipinski definition) is 0. The molecule has 0 aliphatic rings. The van der Waals surface area contributed by atoms with Gasteiger partial charge in [0.05, 0.1) is 0 Å². The van der Waals surface area contributed by atoms with Crippen LogP contribution in [0.15, 0.2) is 24.3 Å². The molecule has 0 fully saturated rings. The molecule has 0 saturated carbocycles. The number of halogens is 1. The summed E-state index contributed by atoms with van der Waals surface area (Å²) in [6, 6.07) is 7.05. The second kappa shape index (κ2) is 5.01. The third kappa shape index (κ3) is 3.04. The van der Waals surface area contributed by atoms with E-state index in [4.69, 9.17) is 16.3 Å². The number of ketones is 1. The molecule has 1 rings (SSSR count). The minimum atomic E-state index is -0.367. The van der Waals surface area contributed by atoms with E-state index in [1.807, 2.05) is 6.92 Å². The summed E-state index contributed by atoms with van der Waals surface area (Å²) in [7, 11) is 0. The summed E-state index contributed by atoms with van der Waals surface area (Å²) >= 11 is 5.79. The maximum absolute atomic E-state index is 11.1. The summed E-state index contributed by atoms with van der Waals surface area (Å²) in [5, 5.41) is 0.612. The molecule has 0 heterocycles. The van der Waals surface area contributed by atoms with Gasteiger partial charge in [-0.1, -0.05) is 24.6 Å². The fourth-order valence-corrected chi connectivity index (χ4v) is 1.34. The molecule has 0 N–H and O–H groups in total. The van der Waals surface area contributed by atoms with Crippen LogP contribution in [-0.2, 0) is 4.79 Å². The highest BCUT2D eigenvalue weighted by Crippen LogP contribution is 2.19. The van der Waals surface area contributed by atoms with Gasteiger partial charge in [0.1, 0.15) is 5.75 Å². The fourth-order valence-electron chi connectivity index (χ4n) is 1.16. The monoisotopic (exact) mass is 212 g/mol. The van der Waals surface area contributed by atoms with Gasteiger partial charge in [-0.05, 0) is 31.5 Å². The molecule has 0 aliphatic carbocycles. The van der Waals surface area contributed by atoms with E-state index < -0.39 is 0 Å².